The van der Waals surface area contributed by atoms with Gasteiger partial charge in [-0.3, -0.25) is 19.3 Å². The SMILES string of the molecule is COc1cccc(C(=O)N2CCC(n3ncc(C(=O)C4CC(c5cccnc5)CN4)c3C3CC3)CC2)c1. The van der Waals surface area contributed by atoms with E-state index in [0.717, 1.165) is 49.9 Å². The van der Waals surface area contributed by atoms with Crippen molar-refractivity contribution in [2.24, 2.45) is 0 Å². The summed E-state index contributed by atoms with van der Waals surface area (Å²) in [6, 6.07) is 11.4. The summed E-state index contributed by atoms with van der Waals surface area (Å²) >= 11 is 0. The highest BCUT2D eigenvalue weighted by Gasteiger charge is 2.39. The molecule has 1 saturated carbocycles. The average molecular weight is 500 g/mol. The molecule has 1 amide bonds. The van der Waals surface area contributed by atoms with Crippen molar-refractivity contribution in [2.45, 2.75) is 56.0 Å². The predicted molar refractivity (Wildman–Crippen MR) is 139 cm³/mol. The van der Waals surface area contributed by atoms with Crippen LogP contribution in [0.2, 0.25) is 0 Å². The van der Waals surface area contributed by atoms with Crippen LogP contribution in [0.25, 0.3) is 0 Å². The maximum Gasteiger partial charge on any atom is 0.253 e. The first-order valence-corrected chi connectivity index (χ1v) is 13.3. The zero-order valence-electron chi connectivity index (χ0n) is 21.2. The summed E-state index contributed by atoms with van der Waals surface area (Å²) in [4.78, 5) is 32.8. The van der Waals surface area contributed by atoms with Gasteiger partial charge in [0.1, 0.15) is 5.75 Å². The van der Waals surface area contributed by atoms with Crippen LogP contribution in [0.1, 0.15) is 82.0 Å². The Morgan fingerprint density at radius 3 is 2.59 bits per heavy atom. The molecule has 2 aliphatic heterocycles. The van der Waals surface area contributed by atoms with E-state index in [9.17, 15) is 9.59 Å². The van der Waals surface area contributed by atoms with Gasteiger partial charge in [0.25, 0.3) is 5.91 Å². The van der Waals surface area contributed by atoms with E-state index in [4.69, 9.17) is 9.84 Å². The third-order valence-corrected chi connectivity index (χ3v) is 8.08. The van der Waals surface area contributed by atoms with E-state index in [-0.39, 0.29) is 23.8 Å². The van der Waals surface area contributed by atoms with Crippen molar-refractivity contribution >= 4 is 11.7 Å². The molecular weight excluding hydrogens is 466 g/mol. The topological polar surface area (TPSA) is 89.4 Å². The Balaban J connectivity index is 1.14. The number of piperidine rings is 1. The number of carbonyl (C=O) groups excluding carboxylic acids is 2. The quantitative estimate of drug-likeness (QED) is 0.495. The molecule has 3 aliphatic rings. The van der Waals surface area contributed by atoms with Gasteiger partial charge in [0, 0.05) is 43.5 Å². The number of ketones is 1. The van der Waals surface area contributed by atoms with Gasteiger partial charge in [0.15, 0.2) is 5.78 Å². The molecule has 192 valence electrons. The third-order valence-electron chi connectivity index (χ3n) is 8.08. The zero-order valence-corrected chi connectivity index (χ0v) is 21.2. The number of methoxy groups -OCH3 is 1. The van der Waals surface area contributed by atoms with Crippen LogP contribution in [-0.2, 0) is 0 Å². The molecule has 2 atom stereocenters. The lowest BCUT2D eigenvalue weighted by molar-refractivity contribution is 0.0688. The summed E-state index contributed by atoms with van der Waals surface area (Å²) in [6.45, 7) is 2.13. The number of Topliss-reactive ketones (excluding diaryl/α,β-unsaturated/α-hetero) is 1. The van der Waals surface area contributed by atoms with Gasteiger partial charge in [0.05, 0.1) is 36.6 Å². The van der Waals surface area contributed by atoms with Gasteiger partial charge in [-0.05, 0) is 67.9 Å². The molecule has 1 aromatic carbocycles. The van der Waals surface area contributed by atoms with Crippen LogP contribution in [0.4, 0.5) is 0 Å². The number of aromatic nitrogens is 3. The summed E-state index contributed by atoms with van der Waals surface area (Å²) in [7, 11) is 1.61. The maximum absolute atomic E-state index is 13.6. The van der Waals surface area contributed by atoms with Crippen molar-refractivity contribution < 1.29 is 14.3 Å². The second kappa shape index (κ2) is 10.1. The first-order chi connectivity index (χ1) is 18.1. The number of nitrogens with one attached hydrogen (secondary N) is 1. The summed E-state index contributed by atoms with van der Waals surface area (Å²) in [5, 5.41) is 8.21. The van der Waals surface area contributed by atoms with Gasteiger partial charge in [-0.15, -0.1) is 0 Å². The van der Waals surface area contributed by atoms with Crippen LogP contribution in [0.3, 0.4) is 0 Å². The Labute approximate surface area is 217 Å². The Morgan fingerprint density at radius 2 is 1.86 bits per heavy atom. The molecular formula is C29H33N5O3. The van der Waals surface area contributed by atoms with Gasteiger partial charge < -0.3 is 15.0 Å². The number of amides is 1. The molecule has 0 spiro atoms. The number of nitrogens with zero attached hydrogens (tertiary/aromatic N) is 4. The van der Waals surface area contributed by atoms with Crippen molar-refractivity contribution in [3.8, 4) is 5.75 Å². The van der Waals surface area contributed by atoms with Crippen molar-refractivity contribution in [3.63, 3.8) is 0 Å². The summed E-state index contributed by atoms with van der Waals surface area (Å²) in [6.07, 6.45) is 10.1. The van der Waals surface area contributed by atoms with Crippen LogP contribution in [-0.4, -0.2) is 64.1 Å². The molecule has 0 radical (unpaired) electrons. The molecule has 2 saturated heterocycles. The molecule has 8 heteroatoms. The van der Waals surface area contributed by atoms with Crippen molar-refractivity contribution in [2.75, 3.05) is 26.7 Å². The minimum absolute atomic E-state index is 0.0339. The highest BCUT2D eigenvalue weighted by molar-refractivity contribution is 6.01. The maximum atomic E-state index is 13.6. The fourth-order valence-corrected chi connectivity index (χ4v) is 5.86. The second-order valence-electron chi connectivity index (χ2n) is 10.5. The van der Waals surface area contributed by atoms with Gasteiger partial charge >= 0.3 is 0 Å². The Kier molecular flexibility index (Phi) is 6.50. The fourth-order valence-electron chi connectivity index (χ4n) is 5.86. The van der Waals surface area contributed by atoms with Gasteiger partial charge in [-0.25, -0.2) is 0 Å². The first-order valence-electron chi connectivity index (χ1n) is 13.3. The molecule has 1 N–H and O–H groups in total. The van der Waals surface area contributed by atoms with Crippen LogP contribution in [0.5, 0.6) is 5.75 Å². The number of pyridine rings is 1. The lowest BCUT2D eigenvalue weighted by atomic mass is 9.94. The monoisotopic (exact) mass is 499 g/mol. The first kappa shape index (κ1) is 23.9. The molecule has 4 heterocycles. The highest BCUT2D eigenvalue weighted by Crippen LogP contribution is 2.44. The molecule has 3 aromatic rings. The van der Waals surface area contributed by atoms with E-state index in [1.807, 2.05) is 35.4 Å². The number of benzene rings is 1. The number of hydrogen-bond donors (Lipinski definition) is 1. The molecule has 37 heavy (non-hydrogen) atoms. The molecule has 6 rings (SSSR count). The van der Waals surface area contributed by atoms with E-state index in [0.29, 0.717) is 36.2 Å². The minimum Gasteiger partial charge on any atom is -0.497 e. The van der Waals surface area contributed by atoms with E-state index >= 15 is 0 Å². The van der Waals surface area contributed by atoms with Gasteiger partial charge in [-0.2, -0.15) is 5.10 Å². The number of rotatable bonds is 7. The standard InChI is InChI=1S/C29H33N5O3/c1-37-24-6-2-4-20(14-24)29(36)33-12-9-23(10-13-33)34-27(19-7-8-19)25(18-32-34)28(35)26-15-22(17-31-26)21-5-3-11-30-16-21/h2-6,11,14,16,18-19,22-23,26,31H,7-10,12-13,15,17H2,1H3. The zero-order chi connectivity index (χ0) is 25.4. The molecule has 0 bridgehead atoms. The number of likely N-dealkylation sites (tertiary alicyclic amines) is 1. The van der Waals surface area contributed by atoms with Crippen LogP contribution >= 0.6 is 0 Å². The van der Waals surface area contributed by atoms with E-state index in [1.165, 1.54) is 5.56 Å². The van der Waals surface area contributed by atoms with Crippen LogP contribution in [0, 0.1) is 0 Å². The lowest BCUT2D eigenvalue weighted by Crippen LogP contribution is -2.39. The van der Waals surface area contributed by atoms with Gasteiger partial charge in [0.2, 0.25) is 0 Å². The smallest absolute Gasteiger partial charge is 0.253 e. The van der Waals surface area contributed by atoms with E-state index in [2.05, 4.69) is 21.0 Å². The molecule has 2 unspecified atom stereocenters. The van der Waals surface area contributed by atoms with Crippen molar-refractivity contribution in [1.29, 1.82) is 0 Å². The Bertz CT molecular complexity index is 1280. The summed E-state index contributed by atoms with van der Waals surface area (Å²) in [5.74, 6) is 1.59. The largest absolute Gasteiger partial charge is 0.497 e. The Hall–Kier alpha value is -3.52. The number of carbonyl (C=O) groups is 2. The summed E-state index contributed by atoms with van der Waals surface area (Å²) < 4.78 is 7.40. The molecule has 3 fully saturated rings. The molecule has 8 nitrogen and oxygen atoms in total. The second-order valence-corrected chi connectivity index (χ2v) is 10.5. The normalized spacial score (nSPS) is 22.2. The predicted octanol–water partition coefficient (Wildman–Crippen LogP) is 3.97. The minimum atomic E-state index is -0.192. The van der Waals surface area contributed by atoms with Crippen molar-refractivity contribution in [1.82, 2.24) is 25.0 Å². The highest BCUT2D eigenvalue weighted by atomic mass is 16.5. The average Bonchev–Trinajstić information content (AvgIpc) is 3.50. The van der Waals surface area contributed by atoms with E-state index in [1.54, 1.807) is 25.6 Å². The summed E-state index contributed by atoms with van der Waals surface area (Å²) in [5.41, 5.74) is 3.71. The van der Waals surface area contributed by atoms with E-state index < -0.39 is 0 Å². The number of hydrogen-bond acceptors (Lipinski definition) is 6. The Morgan fingerprint density at radius 1 is 1.03 bits per heavy atom. The molecule has 2 aromatic heterocycles. The van der Waals surface area contributed by atoms with Crippen molar-refractivity contribution in [3.05, 3.63) is 77.4 Å². The fraction of sp³-hybridized carbons (Fsp3) is 0.448. The molecule has 1 aliphatic carbocycles. The lowest BCUT2D eigenvalue weighted by Gasteiger charge is -2.33. The third kappa shape index (κ3) is 4.78. The number of ether oxygens (including phenoxy) is 1. The van der Waals surface area contributed by atoms with Crippen LogP contribution in [0.15, 0.2) is 55.0 Å². The van der Waals surface area contributed by atoms with Gasteiger partial charge in [-0.1, -0.05) is 12.1 Å². The van der Waals surface area contributed by atoms with Crippen LogP contribution < -0.4 is 10.1 Å².